The van der Waals surface area contributed by atoms with Crippen molar-refractivity contribution < 1.29 is 5.11 Å². The van der Waals surface area contributed by atoms with E-state index >= 15 is 0 Å². The maximum atomic E-state index is 9.93. The number of nitrogens with one attached hydrogen (secondary N) is 1. The summed E-state index contributed by atoms with van der Waals surface area (Å²) in [6.07, 6.45) is 0. The summed E-state index contributed by atoms with van der Waals surface area (Å²) in [5, 5.41) is 18.0. The van der Waals surface area contributed by atoms with Crippen LogP contribution in [0.15, 0.2) is 66.7 Å². The van der Waals surface area contributed by atoms with Crippen LogP contribution in [0.2, 0.25) is 0 Å². The second kappa shape index (κ2) is 7.21. The van der Waals surface area contributed by atoms with Gasteiger partial charge in [0, 0.05) is 5.56 Å². The van der Waals surface area contributed by atoms with Crippen LogP contribution in [-0.4, -0.2) is 26.3 Å². The van der Waals surface area contributed by atoms with Gasteiger partial charge in [-0.05, 0) is 31.0 Å². The molecule has 0 saturated heterocycles. The van der Waals surface area contributed by atoms with Gasteiger partial charge in [0.15, 0.2) is 0 Å². The lowest BCUT2D eigenvalue weighted by Crippen LogP contribution is -2.17. The molecule has 0 radical (unpaired) electrons. The molecule has 27 heavy (non-hydrogen) atoms. The maximum absolute atomic E-state index is 9.93. The highest BCUT2D eigenvalue weighted by molar-refractivity contribution is 5.82. The minimum absolute atomic E-state index is 0.0373. The first-order valence-corrected chi connectivity index (χ1v) is 9.02. The molecule has 136 valence electrons. The second-order valence-electron chi connectivity index (χ2n) is 6.67. The second-order valence-corrected chi connectivity index (χ2v) is 6.67. The van der Waals surface area contributed by atoms with E-state index in [0.717, 1.165) is 33.6 Å². The van der Waals surface area contributed by atoms with Crippen molar-refractivity contribution in [1.82, 2.24) is 14.6 Å². The topological polar surface area (TPSA) is 62.5 Å². The zero-order chi connectivity index (χ0) is 18.8. The molecule has 5 heteroatoms. The number of aliphatic hydroxyl groups excluding tert-OH is 1. The van der Waals surface area contributed by atoms with Crippen LogP contribution in [0.25, 0.3) is 16.8 Å². The van der Waals surface area contributed by atoms with E-state index in [-0.39, 0.29) is 12.6 Å². The Morgan fingerprint density at radius 1 is 1.00 bits per heavy atom. The Hall–Kier alpha value is -3.18. The van der Waals surface area contributed by atoms with E-state index in [1.165, 1.54) is 0 Å². The Balaban J connectivity index is 1.86. The van der Waals surface area contributed by atoms with E-state index in [9.17, 15) is 5.11 Å². The molecule has 4 rings (SSSR count). The van der Waals surface area contributed by atoms with E-state index in [1.807, 2.05) is 72.1 Å². The highest BCUT2D eigenvalue weighted by Gasteiger charge is 2.19. The molecule has 4 aromatic rings. The number of imidazole rings is 1. The highest BCUT2D eigenvalue weighted by Crippen LogP contribution is 2.30. The van der Waals surface area contributed by atoms with Crippen LogP contribution in [-0.2, 0) is 0 Å². The first kappa shape index (κ1) is 17.2. The van der Waals surface area contributed by atoms with Crippen molar-refractivity contribution in [2.45, 2.75) is 19.9 Å². The maximum Gasteiger partial charge on any atom is 0.225 e. The molecule has 0 amide bonds. The standard InChI is InChI=1S/C22H22N4O/c1-15-13-16(2)25-26-21(15)20(18-11-7-4-8-12-18)24-22(26)23-19(14-27)17-9-5-3-6-10-17/h3-13,19,27H,14H2,1-2H3,(H,23,24). The van der Waals surface area contributed by atoms with Crippen LogP contribution < -0.4 is 5.32 Å². The predicted octanol–water partition coefficient (Wildman–Crippen LogP) is 4.16. The molecule has 2 aromatic heterocycles. The summed E-state index contributed by atoms with van der Waals surface area (Å²) in [4.78, 5) is 4.85. The lowest BCUT2D eigenvalue weighted by molar-refractivity contribution is 0.275. The number of aliphatic hydroxyl groups is 1. The Kier molecular flexibility index (Phi) is 4.60. The number of anilines is 1. The van der Waals surface area contributed by atoms with Crippen LogP contribution >= 0.6 is 0 Å². The normalized spacial score (nSPS) is 12.3. The monoisotopic (exact) mass is 358 g/mol. The van der Waals surface area contributed by atoms with Gasteiger partial charge in [0.1, 0.15) is 5.69 Å². The van der Waals surface area contributed by atoms with Crippen molar-refractivity contribution in [3.63, 3.8) is 0 Å². The van der Waals surface area contributed by atoms with Crippen molar-refractivity contribution in [1.29, 1.82) is 0 Å². The average Bonchev–Trinajstić information content (AvgIpc) is 3.06. The molecule has 0 aliphatic heterocycles. The fourth-order valence-corrected chi connectivity index (χ4v) is 3.40. The first-order chi connectivity index (χ1) is 13.2. The molecule has 2 N–H and O–H groups in total. The van der Waals surface area contributed by atoms with Crippen LogP contribution in [0.3, 0.4) is 0 Å². The van der Waals surface area contributed by atoms with Gasteiger partial charge in [0.2, 0.25) is 5.95 Å². The summed E-state index contributed by atoms with van der Waals surface area (Å²) < 4.78 is 1.85. The van der Waals surface area contributed by atoms with Crippen LogP contribution in [0.5, 0.6) is 0 Å². The van der Waals surface area contributed by atoms with Crippen LogP contribution in [0, 0.1) is 13.8 Å². The minimum atomic E-state index is -0.261. The molecular formula is C22H22N4O. The van der Waals surface area contributed by atoms with Gasteiger partial charge in [0.05, 0.1) is 23.9 Å². The molecule has 0 aliphatic rings. The molecule has 1 unspecified atom stereocenters. The SMILES string of the molecule is Cc1cc(C)c2c(-c3ccccc3)nc(NC(CO)c3ccccc3)n2n1. The van der Waals surface area contributed by atoms with Gasteiger partial charge in [0.25, 0.3) is 0 Å². The Labute approximate surface area is 158 Å². The number of aryl methyl sites for hydroxylation is 2. The Bertz CT molecular complexity index is 1060. The van der Waals surface area contributed by atoms with Gasteiger partial charge in [-0.1, -0.05) is 60.7 Å². The fourth-order valence-electron chi connectivity index (χ4n) is 3.40. The molecular weight excluding hydrogens is 336 g/mol. The third-order valence-corrected chi connectivity index (χ3v) is 4.65. The lowest BCUT2D eigenvalue weighted by Gasteiger charge is -2.16. The average molecular weight is 358 g/mol. The van der Waals surface area contributed by atoms with Crippen molar-refractivity contribution in [2.24, 2.45) is 0 Å². The fraction of sp³-hybridized carbons (Fsp3) is 0.182. The number of nitrogens with zero attached hydrogens (tertiary/aromatic N) is 3. The Morgan fingerprint density at radius 3 is 2.33 bits per heavy atom. The molecule has 2 aromatic carbocycles. The smallest absolute Gasteiger partial charge is 0.225 e. The molecule has 0 spiro atoms. The third-order valence-electron chi connectivity index (χ3n) is 4.65. The van der Waals surface area contributed by atoms with Crippen molar-refractivity contribution in [3.05, 3.63) is 83.6 Å². The molecule has 5 nitrogen and oxygen atoms in total. The molecule has 0 fully saturated rings. The summed E-state index contributed by atoms with van der Waals surface area (Å²) in [5.74, 6) is 0.624. The molecule has 0 bridgehead atoms. The van der Waals surface area contributed by atoms with Gasteiger partial charge in [-0.3, -0.25) is 0 Å². The largest absolute Gasteiger partial charge is 0.394 e. The van der Waals surface area contributed by atoms with Gasteiger partial charge >= 0.3 is 0 Å². The summed E-state index contributed by atoms with van der Waals surface area (Å²) in [5.41, 5.74) is 5.92. The van der Waals surface area contributed by atoms with Crippen LogP contribution in [0.4, 0.5) is 5.95 Å². The van der Waals surface area contributed by atoms with E-state index in [0.29, 0.717) is 5.95 Å². The van der Waals surface area contributed by atoms with Gasteiger partial charge in [-0.15, -0.1) is 0 Å². The zero-order valence-corrected chi connectivity index (χ0v) is 15.4. The Morgan fingerprint density at radius 2 is 1.67 bits per heavy atom. The summed E-state index contributed by atoms with van der Waals surface area (Å²) in [6, 6.07) is 21.8. The van der Waals surface area contributed by atoms with Gasteiger partial charge < -0.3 is 10.4 Å². The molecule has 0 aliphatic carbocycles. The summed E-state index contributed by atoms with van der Waals surface area (Å²) in [6.45, 7) is 4.01. The van der Waals surface area contributed by atoms with E-state index in [4.69, 9.17) is 4.98 Å². The number of rotatable bonds is 5. The van der Waals surface area contributed by atoms with E-state index < -0.39 is 0 Å². The lowest BCUT2D eigenvalue weighted by atomic mass is 10.1. The quantitative estimate of drug-likeness (QED) is 0.562. The van der Waals surface area contributed by atoms with Crippen molar-refractivity contribution >= 4 is 11.5 Å². The highest BCUT2D eigenvalue weighted by atomic mass is 16.3. The third kappa shape index (κ3) is 3.29. The first-order valence-electron chi connectivity index (χ1n) is 9.02. The number of hydrogen-bond donors (Lipinski definition) is 2. The molecule has 1 atom stereocenters. The van der Waals surface area contributed by atoms with Gasteiger partial charge in [-0.25, -0.2) is 4.98 Å². The van der Waals surface area contributed by atoms with Crippen molar-refractivity contribution in [2.75, 3.05) is 11.9 Å². The summed E-state index contributed by atoms with van der Waals surface area (Å²) in [7, 11) is 0. The van der Waals surface area contributed by atoms with E-state index in [2.05, 4.69) is 23.4 Å². The predicted molar refractivity (Wildman–Crippen MR) is 108 cm³/mol. The minimum Gasteiger partial charge on any atom is -0.394 e. The zero-order valence-electron chi connectivity index (χ0n) is 15.4. The number of hydrogen-bond acceptors (Lipinski definition) is 4. The molecule has 2 heterocycles. The summed E-state index contributed by atoms with van der Waals surface area (Å²) >= 11 is 0. The number of fused-ring (bicyclic) bond motifs is 1. The van der Waals surface area contributed by atoms with E-state index in [1.54, 1.807) is 0 Å². The molecule has 0 saturated carbocycles. The number of aromatic nitrogens is 3. The van der Waals surface area contributed by atoms with Gasteiger partial charge in [-0.2, -0.15) is 9.61 Å². The van der Waals surface area contributed by atoms with Crippen molar-refractivity contribution in [3.8, 4) is 11.3 Å². The van der Waals surface area contributed by atoms with Crippen LogP contribution in [0.1, 0.15) is 22.9 Å². The number of benzene rings is 2.